The number of hydrogen-bond donors (Lipinski definition) is 3. The normalized spacial score (nSPS) is 38.6. The molecule has 9 atom stereocenters. The average molecular weight is 766 g/mol. The van der Waals surface area contributed by atoms with Gasteiger partial charge >= 0.3 is 11.9 Å². The zero-order valence-corrected chi connectivity index (χ0v) is 34.9. The Morgan fingerprint density at radius 3 is 2.22 bits per heavy atom. The topological polar surface area (TPSA) is 139 Å². The minimum atomic E-state index is -1.17. The Morgan fingerprint density at radius 1 is 0.944 bits per heavy atom. The van der Waals surface area contributed by atoms with Gasteiger partial charge in [0, 0.05) is 36.2 Å². The van der Waals surface area contributed by atoms with E-state index < -0.39 is 28.9 Å². The van der Waals surface area contributed by atoms with Crippen LogP contribution in [0.15, 0.2) is 23.5 Å². The quantitative estimate of drug-likeness (QED) is 0.200. The summed E-state index contributed by atoms with van der Waals surface area (Å²) in [4.78, 5) is 48.0. The van der Waals surface area contributed by atoms with Crippen LogP contribution in [-0.4, -0.2) is 56.7 Å². The van der Waals surface area contributed by atoms with Crippen molar-refractivity contribution < 1.29 is 29.3 Å². The Bertz CT molecular complexity index is 1730. The second-order valence-corrected chi connectivity index (χ2v) is 21.2. The van der Waals surface area contributed by atoms with E-state index in [1.165, 1.54) is 5.57 Å². The maximum Gasteiger partial charge on any atom is 0.309 e. The number of rotatable bonds is 10. The van der Waals surface area contributed by atoms with Crippen LogP contribution in [0.1, 0.15) is 145 Å². The van der Waals surface area contributed by atoms with Gasteiger partial charge in [0.15, 0.2) is 5.78 Å². The fourth-order valence-electron chi connectivity index (χ4n) is 13.6. The zero-order valence-electron chi connectivity index (χ0n) is 34.1. The first-order chi connectivity index (χ1) is 25.1. The fraction of sp³-hybridized carbons (Fsp3) is 0.795. The summed E-state index contributed by atoms with van der Waals surface area (Å²) in [5.41, 5.74) is -0.0709. The number of hydrogen-bond acceptors (Lipinski definition) is 8. The number of allylic oxidation sites excluding steroid dienone is 1. The zero-order chi connectivity index (χ0) is 39.4. The molecule has 5 fully saturated rings. The van der Waals surface area contributed by atoms with Crippen LogP contribution in [-0.2, 0) is 24.7 Å². The first kappa shape index (κ1) is 39.9. The molecule has 6 aliphatic carbocycles. The summed E-state index contributed by atoms with van der Waals surface area (Å²) in [7, 11) is 0. The number of carboxylic acids is 1. The van der Waals surface area contributed by atoms with Gasteiger partial charge in [-0.1, -0.05) is 65.6 Å². The van der Waals surface area contributed by atoms with Gasteiger partial charge in [0.1, 0.15) is 11.9 Å². The van der Waals surface area contributed by atoms with E-state index in [0.29, 0.717) is 35.6 Å². The number of fused-ring (bicyclic) bond motifs is 7. The second kappa shape index (κ2) is 13.1. The lowest BCUT2D eigenvalue weighted by molar-refractivity contribution is -0.235. The highest BCUT2D eigenvalue weighted by Crippen LogP contribution is 2.77. The number of ether oxygens (including phenoxy) is 1. The van der Waals surface area contributed by atoms with E-state index in [1.807, 2.05) is 0 Å². The SMILES string of the molecule is CC(C)C1=C2[C@H]3CC[C@@H]4[C@@]5(C)CC[C@H](OC(=O)CC(C)(C)C(=O)O)C(C)(C)[C@@H]5CC[C@@]4(C)[C@]3(C)CC[C@@]2([C@@H](O)CNC2(c3ncc(Cl)cn3)CC2)CC1=O. The van der Waals surface area contributed by atoms with Crippen LogP contribution in [0.4, 0.5) is 0 Å². The molecule has 0 amide bonds. The number of nitrogens with one attached hydrogen (secondary N) is 1. The van der Waals surface area contributed by atoms with E-state index in [1.54, 1.807) is 26.2 Å². The molecule has 1 aromatic heterocycles. The molecule has 0 aliphatic heterocycles. The van der Waals surface area contributed by atoms with Crippen molar-refractivity contribution in [2.24, 2.45) is 56.2 Å². The van der Waals surface area contributed by atoms with Crippen molar-refractivity contribution in [1.29, 1.82) is 0 Å². The third kappa shape index (κ3) is 5.85. The highest BCUT2D eigenvalue weighted by Gasteiger charge is 2.71. The first-order valence-electron chi connectivity index (χ1n) is 20.7. The minimum Gasteiger partial charge on any atom is -0.481 e. The molecule has 7 rings (SSSR count). The Labute approximate surface area is 327 Å². The van der Waals surface area contributed by atoms with E-state index >= 15 is 0 Å². The standard InChI is InChI=1S/C44H64ClN3O6/c1-25(2)34-28(49)20-43(31(50)24-48-44(18-19-44)36-46-22-26(45)23-47-36)17-16-41(8)27(35(34)43)10-11-30-40(7)14-13-32(54-33(51)21-38(3,4)37(52)53)39(5,6)29(40)12-15-42(30,41)9/h22-23,25,27,29-32,48,50H,10-21,24H2,1-9H3,(H,52,53)/t27-,29+,30-,31+,32+,40+,41-,42-,43+/m1/s1. The molecule has 1 heterocycles. The fourth-order valence-corrected chi connectivity index (χ4v) is 13.7. The molecule has 1 aromatic rings. The maximum atomic E-state index is 14.1. The van der Waals surface area contributed by atoms with Gasteiger partial charge in [-0.05, 0) is 124 Å². The van der Waals surface area contributed by atoms with Crippen LogP contribution in [0.3, 0.4) is 0 Å². The van der Waals surface area contributed by atoms with Crippen molar-refractivity contribution in [2.45, 2.75) is 157 Å². The number of carboxylic acid groups (broad SMARTS) is 1. The van der Waals surface area contributed by atoms with Gasteiger partial charge in [0.25, 0.3) is 0 Å². The number of carbonyl (C=O) groups is 3. The van der Waals surface area contributed by atoms with E-state index in [4.69, 9.17) is 16.3 Å². The van der Waals surface area contributed by atoms with E-state index in [2.05, 4.69) is 63.8 Å². The third-order valence-corrected chi connectivity index (χ3v) is 17.1. The highest BCUT2D eigenvalue weighted by atomic mass is 35.5. The molecule has 3 N–H and O–H groups in total. The van der Waals surface area contributed by atoms with Crippen LogP contribution in [0.25, 0.3) is 0 Å². The van der Waals surface area contributed by atoms with Crippen LogP contribution in [0, 0.1) is 56.2 Å². The van der Waals surface area contributed by atoms with E-state index in [0.717, 1.165) is 69.8 Å². The van der Waals surface area contributed by atoms with Gasteiger partial charge in [-0.2, -0.15) is 0 Å². The van der Waals surface area contributed by atoms with Crippen molar-refractivity contribution in [3.63, 3.8) is 0 Å². The van der Waals surface area contributed by atoms with Crippen LogP contribution < -0.4 is 5.32 Å². The molecule has 0 saturated heterocycles. The molecule has 10 heteroatoms. The van der Waals surface area contributed by atoms with Crippen molar-refractivity contribution in [1.82, 2.24) is 15.3 Å². The lowest BCUT2D eigenvalue weighted by Crippen LogP contribution is -2.66. The second-order valence-electron chi connectivity index (χ2n) is 20.8. The van der Waals surface area contributed by atoms with Gasteiger partial charge in [0.2, 0.25) is 0 Å². The summed E-state index contributed by atoms with van der Waals surface area (Å²) in [5.74, 6) is 0.654. The van der Waals surface area contributed by atoms with Gasteiger partial charge in [-0.3, -0.25) is 14.4 Å². The van der Waals surface area contributed by atoms with Gasteiger partial charge in [-0.25, -0.2) is 9.97 Å². The Morgan fingerprint density at radius 2 is 1.61 bits per heavy atom. The van der Waals surface area contributed by atoms with Crippen molar-refractivity contribution in [2.75, 3.05) is 6.54 Å². The number of aromatic nitrogens is 2. The third-order valence-electron chi connectivity index (χ3n) is 16.9. The Balaban J connectivity index is 1.15. The molecule has 54 heavy (non-hydrogen) atoms. The maximum absolute atomic E-state index is 14.1. The molecule has 0 aromatic carbocycles. The number of halogens is 1. The van der Waals surface area contributed by atoms with Crippen molar-refractivity contribution >= 4 is 29.3 Å². The molecule has 298 valence electrons. The van der Waals surface area contributed by atoms with E-state index in [-0.39, 0.29) is 57.3 Å². The summed E-state index contributed by atoms with van der Waals surface area (Å²) >= 11 is 6.09. The highest BCUT2D eigenvalue weighted by molar-refractivity contribution is 6.30. The lowest BCUT2D eigenvalue weighted by atomic mass is 9.33. The molecule has 5 saturated carbocycles. The van der Waals surface area contributed by atoms with Gasteiger partial charge in [0.05, 0.1) is 28.5 Å². The summed E-state index contributed by atoms with van der Waals surface area (Å²) in [5, 5.41) is 26.2. The largest absolute Gasteiger partial charge is 0.481 e. The number of Topliss-reactive ketones (excluding diaryl/α,β-unsaturated/α-hetero) is 1. The number of carbonyl (C=O) groups excluding carboxylic acids is 2. The summed E-state index contributed by atoms with van der Waals surface area (Å²) in [6.45, 7) is 20.0. The molecular formula is C44H64ClN3O6. The van der Waals surface area contributed by atoms with Gasteiger partial charge < -0.3 is 20.3 Å². The average Bonchev–Trinajstić information content (AvgIpc) is 3.80. The molecule has 9 nitrogen and oxygen atoms in total. The number of ketones is 1. The molecule has 0 bridgehead atoms. The van der Waals surface area contributed by atoms with Crippen LogP contribution in [0.2, 0.25) is 5.02 Å². The lowest BCUT2D eigenvalue weighted by Gasteiger charge is -2.72. The Hall–Kier alpha value is -2.36. The number of nitrogens with zero attached hydrogens (tertiary/aromatic N) is 2. The number of aliphatic hydroxyl groups is 1. The monoisotopic (exact) mass is 765 g/mol. The Kier molecular flexibility index (Phi) is 9.66. The van der Waals surface area contributed by atoms with Crippen LogP contribution >= 0.6 is 11.6 Å². The van der Waals surface area contributed by atoms with E-state index in [9.17, 15) is 24.6 Å². The molecule has 0 radical (unpaired) electrons. The minimum absolute atomic E-state index is 0.0341. The number of aliphatic carboxylic acids is 1. The van der Waals surface area contributed by atoms with Crippen molar-refractivity contribution in [3.05, 3.63) is 34.4 Å². The predicted molar refractivity (Wildman–Crippen MR) is 207 cm³/mol. The first-order valence-corrected chi connectivity index (χ1v) is 21.1. The van der Waals surface area contributed by atoms with Crippen LogP contribution in [0.5, 0.6) is 0 Å². The predicted octanol–water partition coefficient (Wildman–Crippen LogP) is 8.46. The number of aliphatic hydroxyl groups excluding tert-OH is 1. The molecule has 0 unspecified atom stereocenters. The smallest absolute Gasteiger partial charge is 0.309 e. The number of esters is 1. The molecular weight excluding hydrogens is 702 g/mol. The molecule has 0 spiro atoms. The summed E-state index contributed by atoms with van der Waals surface area (Å²) < 4.78 is 6.17. The van der Waals surface area contributed by atoms with Gasteiger partial charge in [-0.15, -0.1) is 0 Å². The molecule has 6 aliphatic rings. The summed E-state index contributed by atoms with van der Waals surface area (Å²) in [6, 6.07) is 0. The summed E-state index contributed by atoms with van der Waals surface area (Å²) in [6.07, 6.45) is 12.0. The van der Waals surface area contributed by atoms with Crippen molar-refractivity contribution in [3.8, 4) is 0 Å².